The van der Waals surface area contributed by atoms with E-state index in [1.54, 1.807) is 0 Å². The molecule has 0 unspecified atom stereocenters. The van der Waals surface area contributed by atoms with Gasteiger partial charge in [-0.05, 0) is 24.8 Å². The molecule has 24 heavy (non-hydrogen) atoms. The lowest BCUT2D eigenvalue weighted by Crippen LogP contribution is -2.42. The molecular weight excluding hydrogens is 326 g/mol. The molecule has 2 aromatic heterocycles. The Balaban J connectivity index is 1.60. The Hall–Kier alpha value is -2.22. The quantitative estimate of drug-likeness (QED) is 0.854. The monoisotopic (exact) mass is 347 g/mol. The smallest absolute Gasteiger partial charge is 0.222 e. The fourth-order valence-electron chi connectivity index (χ4n) is 3.01. The van der Waals surface area contributed by atoms with Gasteiger partial charge in [-0.3, -0.25) is 9.59 Å². The van der Waals surface area contributed by atoms with Crippen LogP contribution in [0.15, 0.2) is 17.5 Å². The Morgan fingerprint density at radius 2 is 2.29 bits per heavy atom. The van der Waals surface area contributed by atoms with Gasteiger partial charge in [0.1, 0.15) is 11.6 Å². The van der Waals surface area contributed by atoms with E-state index in [0.29, 0.717) is 6.54 Å². The van der Waals surface area contributed by atoms with Crippen LogP contribution in [-0.4, -0.2) is 32.6 Å². The Morgan fingerprint density at radius 1 is 1.46 bits per heavy atom. The van der Waals surface area contributed by atoms with Crippen molar-refractivity contribution in [2.45, 2.75) is 51.7 Å². The molecule has 0 spiro atoms. The number of aryl methyl sites for hydroxylation is 2. The van der Waals surface area contributed by atoms with Crippen LogP contribution in [0.2, 0.25) is 0 Å². The number of thiophene rings is 1. The van der Waals surface area contributed by atoms with Gasteiger partial charge in [0.05, 0.1) is 12.5 Å². The predicted octanol–water partition coefficient (Wildman–Crippen LogP) is 1.35. The zero-order valence-corrected chi connectivity index (χ0v) is 14.6. The summed E-state index contributed by atoms with van der Waals surface area (Å²) in [5.41, 5.74) is 0. The van der Waals surface area contributed by atoms with Gasteiger partial charge in [0.25, 0.3) is 0 Å². The lowest BCUT2D eigenvalue weighted by atomic mass is 10.1. The van der Waals surface area contributed by atoms with Crippen molar-refractivity contribution < 1.29 is 9.59 Å². The molecule has 0 saturated carbocycles. The number of carbonyl (C=O) groups excluding carboxylic acids is 2. The lowest BCUT2D eigenvalue weighted by Gasteiger charge is -2.26. The van der Waals surface area contributed by atoms with Crippen molar-refractivity contribution >= 4 is 23.2 Å². The van der Waals surface area contributed by atoms with E-state index >= 15 is 0 Å². The first-order valence-corrected chi connectivity index (χ1v) is 8.89. The normalized spacial score (nSPS) is 17.8. The molecule has 0 aliphatic carbocycles. The molecule has 2 aromatic rings. The second-order valence-electron chi connectivity index (χ2n) is 6.05. The van der Waals surface area contributed by atoms with Crippen LogP contribution in [0.1, 0.15) is 42.3 Å². The average molecular weight is 347 g/mol. The fraction of sp³-hybridized carbons (Fsp3) is 0.500. The van der Waals surface area contributed by atoms with Gasteiger partial charge < -0.3 is 15.2 Å². The third-order valence-corrected chi connectivity index (χ3v) is 5.14. The molecule has 2 atom stereocenters. The van der Waals surface area contributed by atoms with Gasteiger partial charge in [-0.25, -0.2) is 0 Å². The highest BCUT2D eigenvalue weighted by Crippen LogP contribution is 2.22. The summed E-state index contributed by atoms with van der Waals surface area (Å²) >= 11 is 1.54. The number of nitrogens with one attached hydrogen (secondary N) is 2. The number of aromatic nitrogens is 3. The largest absolute Gasteiger partial charge is 0.351 e. The Kier molecular flexibility index (Phi) is 4.94. The Labute approximate surface area is 144 Å². The van der Waals surface area contributed by atoms with Crippen LogP contribution in [-0.2, 0) is 22.6 Å². The number of rotatable bonds is 5. The number of nitrogens with zero attached hydrogens (tertiary/aromatic N) is 3. The van der Waals surface area contributed by atoms with Gasteiger partial charge in [-0.1, -0.05) is 6.07 Å². The summed E-state index contributed by atoms with van der Waals surface area (Å²) in [6, 6.07) is 3.65. The predicted molar refractivity (Wildman–Crippen MR) is 90.5 cm³/mol. The standard InChI is InChI=1S/C16H21N5O2S/c1-10-19-20-15-6-5-12(9-21(10)15)18-16(23)8-13(17-11(2)22)14-4-3-7-24-14/h3-4,7,12-13H,5-6,8-9H2,1-2H3,(H,17,22)(H,18,23)/t12-,13-/m1/s1. The van der Waals surface area contributed by atoms with E-state index < -0.39 is 0 Å². The van der Waals surface area contributed by atoms with Crippen LogP contribution in [0.25, 0.3) is 0 Å². The molecule has 1 aliphatic rings. The average Bonchev–Trinajstić information content (AvgIpc) is 3.17. The van der Waals surface area contributed by atoms with Gasteiger partial charge in [-0.15, -0.1) is 21.5 Å². The third-order valence-electron chi connectivity index (χ3n) is 4.15. The highest BCUT2D eigenvalue weighted by Gasteiger charge is 2.24. The molecule has 7 nitrogen and oxygen atoms in total. The Bertz CT molecular complexity index is 725. The van der Waals surface area contributed by atoms with Crippen molar-refractivity contribution in [2.24, 2.45) is 0 Å². The first kappa shape index (κ1) is 16.6. The molecule has 2 N–H and O–H groups in total. The molecule has 0 bridgehead atoms. The van der Waals surface area contributed by atoms with E-state index in [1.165, 1.54) is 18.3 Å². The van der Waals surface area contributed by atoms with Crippen LogP contribution in [0.4, 0.5) is 0 Å². The van der Waals surface area contributed by atoms with E-state index in [4.69, 9.17) is 0 Å². The minimum Gasteiger partial charge on any atom is -0.351 e. The van der Waals surface area contributed by atoms with Crippen molar-refractivity contribution in [1.29, 1.82) is 0 Å². The number of carbonyl (C=O) groups is 2. The first-order chi connectivity index (χ1) is 11.5. The molecule has 3 heterocycles. The van der Waals surface area contributed by atoms with E-state index in [2.05, 4.69) is 25.4 Å². The molecule has 0 radical (unpaired) electrons. The molecule has 0 saturated heterocycles. The Morgan fingerprint density at radius 3 is 3.00 bits per heavy atom. The minimum absolute atomic E-state index is 0.0543. The molecule has 128 valence electrons. The summed E-state index contributed by atoms with van der Waals surface area (Å²) in [4.78, 5) is 24.8. The number of hydrogen-bond acceptors (Lipinski definition) is 5. The number of hydrogen-bond donors (Lipinski definition) is 2. The van der Waals surface area contributed by atoms with Gasteiger partial charge in [0.15, 0.2) is 0 Å². The highest BCUT2D eigenvalue weighted by molar-refractivity contribution is 7.10. The van der Waals surface area contributed by atoms with Crippen LogP contribution in [0, 0.1) is 6.92 Å². The fourth-order valence-corrected chi connectivity index (χ4v) is 3.79. The summed E-state index contributed by atoms with van der Waals surface area (Å²) in [6.45, 7) is 4.09. The SMILES string of the molecule is CC(=O)N[C@H](CC(=O)N[C@@H]1CCc2nnc(C)n2C1)c1cccs1. The summed E-state index contributed by atoms with van der Waals surface area (Å²) < 4.78 is 2.05. The zero-order valence-electron chi connectivity index (χ0n) is 13.8. The van der Waals surface area contributed by atoms with Crippen molar-refractivity contribution in [2.75, 3.05) is 0 Å². The maximum absolute atomic E-state index is 12.4. The van der Waals surface area contributed by atoms with Gasteiger partial charge in [-0.2, -0.15) is 0 Å². The van der Waals surface area contributed by atoms with Crippen molar-refractivity contribution in [3.63, 3.8) is 0 Å². The van der Waals surface area contributed by atoms with Gasteiger partial charge in [0.2, 0.25) is 11.8 Å². The second-order valence-corrected chi connectivity index (χ2v) is 7.03. The van der Waals surface area contributed by atoms with Crippen LogP contribution in [0.5, 0.6) is 0 Å². The van der Waals surface area contributed by atoms with Crippen molar-refractivity contribution in [3.8, 4) is 0 Å². The van der Waals surface area contributed by atoms with Crippen molar-refractivity contribution in [1.82, 2.24) is 25.4 Å². The zero-order chi connectivity index (χ0) is 17.1. The minimum atomic E-state index is -0.279. The molecule has 2 amide bonds. The maximum Gasteiger partial charge on any atom is 0.222 e. The van der Waals surface area contributed by atoms with E-state index in [0.717, 1.165) is 29.4 Å². The highest BCUT2D eigenvalue weighted by atomic mass is 32.1. The third kappa shape index (κ3) is 3.81. The van der Waals surface area contributed by atoms with Crippen LogP contribution >= 0.6 is 11.3 Å². The van der Waals surface area contributed by atoms with Gasteiger partial charge in [0, 0.05) is 30.8 Å². The first-order valence-electron chi connectivity index (χ1n) is 8.01. The van der Waals surface area contributed by atoms with E-state index in [1.807, 2.05) is 24.4 Å². The molecule has 1 aliphatic heterocycles. The molecule has 0 aromatic carbocycles. The molecule has 8 heteroatoms. The lowest BCUT2D eigenvalue weighted by molar-refractivity contribution is -0.123. The van der Waals surface area contributed by atoms with Crippen molar-refractivity contribution in [3.05, 3.63) is 34.0 Å². The van der Waals surface area contributed by atoms with E-state index in [-0.39, 0.29) is 30.3 Å². The van der Waals surface area contributed by atoms with E-state index in [9.17, 15) is 9.59 Å². The number of fused-ring (bicyclic) bond motifs is 1. The van der Waals surface area contributed by atoms with Gasteiger partial charge >= 0.3 is 0 Å². The number of amides is 2. The summed E-state index contributed by atoms with van der Waals surface area (Å²) in [5, 5.41) is 16.1. The van der Waals surface area contributed by atoms with Crippen LogP contribution < -0.4 is 10.6 Å². The summed E-state index contributed by atoms with van der Waals surface area (Å²) in [5.74, 6) is 1.66. The summed E-state index contributed by atoms with van der Waals surface area (Å²) in [6.07, 6.45) is 1.91. The molecule has 3 rings (SSSR count). The topological polar surface area (TPSA) is 88.9 Å². The maximum atomic E-state index is 12.4. The molecular formula is C16H21N5O2S. The second kappa shape index (κ2) is 7.12. The summed E-state index contributed by atoms with van der Waals surface area (Å²) in [7, 11) is 0. The van der Waals surface area contributed by atoms with Crippen LogP contribution in [0.3, 0.4) is 0 Å². The molecule has 0 fully saturated rings.